The molecule has 0 aromatic heterocycles. The number of morpholine rings is 1. The number of carboxylic acids is 1. The predicted molar refractivity (Wildman–Crippen MR) is 186 cm³/mol. The Morgan fingerprint density at radius 1 is 0.898 bits per heavy atom. The Morgan fingerprint density at radius 3 is 2.31 bits per heavy atom. The first kappa shape index (κ1) is 35.4. The van der Waals surface area contributed by atoms with Crippen LogP contribution in [0.15, 0.2) is 84.9 Å². The fourth-order valence-corrected chi connectivity index (χ4v) is 7.26. The Hall–Kier alpha value is -4.88. The lowest BCUT2D eigenvalue weighted by Gasteiger charge is -2.34. The van der Waals surface area contributed by atoms with Gasteiger partial charge in [-0.1, -0.05) is 72.8 Å². The summed E-state index contributed by atoms with van der Waals surface area (Å²) in [5, 5.41) is 17.5. The van der Waals surface area contributed by atoms with Crippen LogP contribution in [-0.2, 0) is 36.9 Å². The van der Waals surface area contributed by atoms with E-state index in [2.05, 4.69) is 16.0 Å². The average molecular weight is 688 g/mol. The Kier molecular flexibility index (Phi) is 12.7. The molecule has 0 aliphatic carbocycles. The van der Waals surface area contributed by atoms with Crippen molar-refractivity contribution in [3.05, 3.63) is 102 Å². The van der Waals surface area contributed by atoms with Crippen molar-refractivity contribution in [2.75, 3.05) is 37.4 Å². The molecular weight excluding hydrogens is 646 g/mol. The predicted octanol–water partition coefficient (Wildman–Crippen LogP) is 3.79. The first-order valence-electron chi connectivity index (χ1n) is 16.3. The van der Waals surface area contributed by atoms with Crippen molar-refractivity contribution in [3.63, 3.8) is 0 Å². The molecule has 258 valence electrons. The highest BCUT2D eigenvalue weighted by Gasteiger charge is 2.44. The van der Waals surface area contributed by atoms with Crippen molar-refractivity contribution in [2.45, 2.75) is 49.7 Å². The van der Waals surface area contributed by atoms with E-state index in [0.717, 1.165) is 5.56 Å². The number of rotatable bonds is 13. The number of nitrogens with one attached hydrogen (secondary N) is 3. The van der Waals surface area contributed by atoms with Crippen molar-refractivity contribution >= 4 is 47.2 Å². The largest absolute Gasteiger partial charge is 0.481 e. The van der Waals surface area contributed by atoms with Gasteiger partial charge in [0, 0.05) is 37.5 Å². The summed E-state index contributed by atoms with van der Waals surface area (Å²) in [5.41, 5.74) is 2.73. The number of aliphatic carboxylic acids is 1. The monoisotopic (exact) mass is 687 g/mol. The van der Waals surface area contributed by atoms with Gasteiger partial charge < -0.3 is 35.6 Å². The third-order valence-corrected chi connectivity index (χ3v) is 9.68. The maximum atomic E-state index is 14.5. The van der Waals surface area contributed by atoms with Gasteiger partial charge in [-0.25, -0.2) is 4.79 Å². The number of hydrogen-bond acceptors (Lipinski definition) is 7. The first-order valence-corrected chi connectivity index (χ1v) is 17.4. The molecule has 0 bridgehead atoms. The van der Waals surface area contributed by atoms with Gasteiger partial charge in [-0.05, 0) is 41.7 Å². The van der Waals surface area contributed by atoms with Crippen LogP contribution in [0.1, 0.15) is 42.0 Å². The van der Waals surface area contributed by atoms with E-state index >= 15 is 0 Å². The average Bonchev–Trinajstić information content (AvgIpc) is 3.54. The van der Waals surface area contributed by atoms with E-state index in [1.807, 2.05) is 36.4 Å². The number of carbonyl (C=O) groups excluding carboxylic acids is 4. The molecule has 2 aliphatic rings. The Morgan fingerprint density at radius 2 is 1.59 bits per heavy atom. The van der Waals surface area contributed by atoms with Gasteiger partial charge in [-0.15, -0.1) is 11.8 Å². The number of benzene rings is 3. The first-order chi connectivity index (χ1) is 23.8. The van der Waals surface area contributed by atoms with Gasteiger partial charge >= 0.3 is 12.0 Å². The van der Waals surface area contributed by atoms with Gasteiger partial charge in [0.2, 0.25) is 11.8 Å². The molecule has 3 aromatic carbocycles. The summed E-state index contributed by atoms with van der Waals surface area (Å²) in [5.74, 6) is -1.69. The SMILES string of the molecule is O=C(O)CCCC1SC[C@@H](C(=O)Nc2cccc(CC(=O)NCc3ccccc3)c2)N1C(=O)[C@H](NC(=O)N1CCOCC1)c1ccccc1. The van der Waals surface area contributed by atoms with Crippen LogP contribution in [0.2, 0.25) is 0 Å². The van der Waals surface area contributed by atoms with Crippen molar-refractivity contribution in [3.8, 4) is 0 Å². The molecule has 3 atom stereocenters. The van der Waals surface area contributed by atoms with Crippen LogP contribution in [0.3, 0.4) is 0 Å². The smallest absolute Gasteiger partial charge is 0.318 e. The van der Waals surface area contributed by atoms with Crippen molar-refractivity contribution in [2.24, 2.45) is 0 Å². The zero-order valence-corrected chi connectivity index (χ0v) is 27.9. The second kappa shape index (κ2) is 17.5. The van der Waals surface area contributed by atoms with Crippen LogP contribution >= 0.6 is 11.8 Å². The van der Waals surface area contributed by atoms with E-state index in [-0.39, 0.29) is 24.5 Å². The van der Waals surface area contributed by atoms with Gasteiger partial charge in [-0.2, -0.15) is 0 Å². The van der Waals surface area contributed by atoms with E-state index in [1.54, 1.807) is 53.4 Å². The molecular formula is C36H41N5O7S. The number of urea groups is 1. The van der Waals surface area contributed by atoms with Crippen LogP contribution in [0.4, 0.5) is 10.5 Å². The minimum atomic E-state index is -1.08. The van der Waals surface area contributed by atoms with Gasteiger partial charge in [-0.3, -0.25) is 19.2 Å². The molecule has 12 nitrogen and oxygen atoms in total. The third-order valence-electron chi connectivity index (χ3n) is 8.33. The second-order valence-corrected chi connectivity index (χ2v) is 13.1. The molecule has 49 heavy (non-hydrogen) atoms. The number of nitrogens with zero attached hydrogens (tertiary/aromatic N) is 2. The summed E-state index contributed by atoms with van der Waals surface area (Å²) in [4.78, 5) is 68.7. The number of carboxylic acid groups (broad SMARTS) is 1. The summed E-state index contributed by atoms with van der Waals surface area (Å²) in [6, 6.07) is 23.1. The van der Waals surface area contributed by atoms with Gasteiger partial charge in [0.1, 0.15) is 12.1 Å². The topological polar surface area (TPSA) is 157 Å². The third kappa shape index (κ3) is 10.1. The number of thioether (sulfide) groups is 1. The molecule has 0 radical (unpaired) electrons. The molecule has 3 aromatic rings. The van der Waals surface area contributed by atoms with Crippen LogP contribution in [-0.4, -0.2) is 88.1 Å². The van der Waals surface area contributed by atoms with E-state index < -0.39 is 41.3 Å². The highest BCUT2D eigenvalue weighted by molar-refractivity contribution is 8.00. The van der Waals surface area contributed by atoms with Gasteiger partial charge in [0.15, 0.2) is 0 Å². The van der Waals surface area contributed by atoms with Crippen molar-refractivity contribution in [1.82, 2.24) is 20.4 Å². The molecule has 1 unspecified atom stereocenters. The van der Waals surface area contributed by atoms with Crippen LogP contribution in [0.5, 0.6) is 0 Å². The molecule has 13 heteroatoms. The lowest BCUT2D eigenvalue weighted by Crippen LogP contribution is -2.54. The number of ether oxygens (including phenoxy) is 1. The number of hydrogen-bond donors (Lipinski definition) is 4. The molecule has 5 amide bonds. The van der Waals surface area contributed by atoms with Crippen LogP contribution in [0, 0.1) is 0 Å². The molecule has 2 fully saturated rings. The van der Waals surface area contributed by atoms with Crippen LogP contribution in [0.25, 0.3) is 0 Å². The summed E-state index contributed by atoms with van der Waals surface area (Å²) in [6.45, 7) is 1.97. The molecule has 5 rings (SSSR count). The number of amides is 5. The Bertz CT molecular complexity index is 1600. The quantitative estimate of drug-likeness (QED) is 0.212. The standard InChI is InChI=1S/C36H41N5O7S/c42-30(37-23-25-9-3-1-4-10-25)22-26-11-7-14-28(21-26)38-34(45)29-24-49-31(15-8-16-32(43)44)41(29)35(46)33(27-12-5-2-6-13-27)39-36(47)40-17-19-48-20-18-40/h1-7,9-14,21,29,31,33H,8,15-20,22-24H2,(H,37,42)(H,38,45)(H,39,47)(H,43,44)/t29-,31?,33+/m0/s1. The molecule has 0 saturated carbocycles. The van der Waals surface area contributed by atoms with E-state index in [0.29, 0.717) is 62.5 Å². The lowest BCUT2D eigenvalue weighted by molar-refractivity contribution is -0.140. The Balaban J connectivity index is 1.32. The van der Waals surface area contributed by atoms with E-state index in [9.17, 15) is 29.1 Å². The highest BCUT2D eigenvalue weighted by atomic mass is 32.2. The van der Waals surface area contributed by atoms with Gasteiger partial charge in [0.05, 0.1) is 25.0 Å². The molecule has 2 heterocycles. The van der Waals surface area contributed by atoms with E-state index in [4.69, 9.17) is 4.74 Å². The number of carbonyl (C=O) groups is 5. The zero-order valence-electron chi connectivity index (χ0n) is 27.1. The molecule has 4 N–H and O–H groups in total. The summed E-state index contributed by atoms with van der Waals surface area (Å²) < 4.78 is 5.37. The van der Waals surface area contributed by atoms with Gasteiger partial charge in [0.25, 0.3) is 5.91 Å². The zero-order chi connectivity index (χ0) is 34.6. The maximum absolute atomic E-state index is 14.5. The molecule has 0 spiro atoms. The summed E-state index contributed by atoms with van der Waals surface area (Å²) in [7, 11) is 0. The normalized spacial score (nSPS) is 18.0. The summed E-state index contributed by atoms with van der Waals surface area (Å²) in [6.07, 6.45) is 0.722. The summed E-state index contributed by atoms with van der Waals surface area (Å²) >= 11 is 1.41. The highest BCUT2D eigenvalue weighted by Crippen LogP contribution is 2.36. The lowest BCUT2D eigenvalue weighted by atomic mass is 10.0. The molecule has 2 saturated heterocycles. The minimum Gasteiger partial charge on any atom is -0.481 e. The van der Waals surface area contributed by atoms with Crippen molar-refractivity contribution < 1.29 is 33.8 Å². The second-order valence-electron chi connectivity index (χ2n) is 11.9. The maximum Gasteiger partial charge on any atom is 0.318 e. The fraction of sp³-hybridized carbons (Fsp3) is 0.361. The van der Waals surface area contributed by atoms with Crippen molar-refractivity contribution in [1.29, 1.82) is 0 Å². The molecule has 2 aliphatic heterocycles. The number of anilines is 1. The van der Waals surface area contributed by atoms with Crippen LogP contribution < -0.4 is 16.0 Å². The fourth-order valence-electron chi connectivity index (χ4n) is 5.80. The minimum absolute atomic E-state index is 0.0719. The Labute approximate surface area is 289 Å². The van der Waals surface area contributed by atoms with E-state index in [1.165, 1.54) is 16.7 Å².